The first-order valence-corrected chi connectivity index (χ1v) is 9.77. The fourth-order valence-corrected chi connectivity index (χ4v) is 3.84. The molecule has 1 fully saturated rings. The fraction of sp³-hybridized carbons (Fsp3) is 0.579. The van der Waals surface area contributed by atoms with Gasteiger partial charge < -0.3 is 18.9 Å². The molecule has 142 valence electrons. The highest BCUT2D eigenvalue weighted by Gasteiger charge is 2.25. The largest absolute Gasteiger partial charge is 0.497 e. The Morgan fingerprint density at radius 2 is 1.96 bits per heavy atom. The van der Waals surface area contributed by atoms with Crippen LogP contribution in [0.15, 0.2) is 24.3 Å². The van der Waals surface area contributed by atoms with E-state index >= 15 is 0 Å². The van der Waals surface area contributed by atoms with Gasteiger partial charge in [0.05, 0.1) is 19.7 Å². The van der Waals surface area contributed by atoms with Crippen LogP contribution in [0.1, 0.15) is 38.4 Å². The summed E-state index contributed by atoms with van der Waals surface area (Å²) < 4.78 is 15.7. The Morgan fingerprint density at radius 3 is 2.65 bits per heavy atom. The molecule has 6 nitrogen and oxygen atoms in total. The first-order valence-electron chi connectivity index (χ1n) is 9.36. The summed E-state index contributed by atoms with van der Waals surface area (Å²) in [7, 11) is 3.61. The van der Waals surface area contributed by atoms with Crippen LogP contribution in [0.2, 0.25) is 0 Å². The summed E-state index contributed by atoms with van der Waals surface area (Å²) in [6, 6.07) is 8.28. The van der Waals surface area contributed by atoms with Crippen LogP contribution < -0.4 is 14.4 Å². The number of benzene rings is 1. The monoisotopic (exact) mass is 377 g/mol. The summed E-state index contributed by atoms with van der Waals surface area (Å²) in [5.74, 6) is 2.45. The molecule has 1 unspecified atom stereocenters. The second-order valence-electron chi connectivity index (χ2n) is 6.89. The molecule has 2 heterocycles. The molecule has 0 radical (unpaired) electrons. The summed E-state index contributed by atoms with van der Waals surface area (Å²) >= 11 is 5.60. The number of aromatic nitrogens is 3. The zero-order valence-electron chi connectivity index (χ0n) is 15.9. The van der Waals surface area contributed by atoms with Crippen LogP contribution in [0, 0.1) is 4.77 Å². The van der Waals surface area contributed by atoms with Crippen LogP contribution >= 0.6 is 12.2 Å². The van der Waals surface area contributed by atoms with Crippen molar-refractivity contribution in [1.82, 2.24) is 14.3 Å². The van der Waals surface area contributed by atoms with E-state index in [9.17, 15) is 0 Å². The number of nitrogens with one attached hydrogen (secondary N) is 1. The van der Waals surface area contributed by atoms with Gasteiger partial charge in [-0.3, -0.25) is 0 Å². The third kappa shape index (κ3) is 4.27. The van der Waals surface area contributed by atoms with Gasteiger partial charge in [-0.1, -0.05) is 6.92 Å². The lowest BCUT2D eigenvalue weighted by atomic mass is 10.0. The molecule has 3 rings (SSSR count). The lowest BCUT2D eigenvalue weighted by molar-refractivity contribution is -0.953. The number of ether oxygens (including phenoxy) is 2. The smallest absolute Gasteiger partial charge is 0.202 e. The van der Waals surface area contributed by atoms with Crippen molar-refractivity contribution in [2.24, 2.45) is 7.05 Å². The Bertz CT molecular complexity index is 769. The van der Waals surface area contributed by atoms with Crippen molar-refractivity contribution in [3.63, 3.8) is 0 Å². The highest BCUT2D eigenvalue weighted by Crippen LogP contribution is 2.18. The summed E-state index contributed by atoms with van der Waals surface area (Å²) in [5, 5.41) is 4.73. The minimum atomic E-state index is 0.395. The third-order valence-corrected chi connectivity index (χ3v) is 5.77. The SMILES string of the molecule is CC[C@H]1CCCC[NH+]1Cn1nc(COc2ccc(OC)cc2)n(C)c1=S. The van der Waals surface area contributed by atoms with Crippen molar-refractivity contribution in [1.29, 1.82) is 0 Å². The summed E-state index contributed by atoms with van der Waals surface area (Å²) in [6.07, 6.45) is 5.15. The summed E-state index contributed by atoms with van der Waals surface area (Å²) in [5.41, 5.74) is 0. The van der Waals surface area contributed by atoms with Gasteiger partial charge in [0.25, 0.3) is 0 Å². The van der Waals surface area contributed by atoms with Crippen molar-refractivity contribution in [3.05, 3.63) is 34.9 Å². The lowest BCUT2D eigenvalue weighted by Gasteiger charge is -2.31. The number of quaternary nitrogens is 1. The number of hydrogen-bond acceptors (Lipinski definition) is 4. The van der Waals surface area contributed by atoms with E-state index in [0.29, 0.717) is 12.6 Å². The van der Waals surface area contributed by atoms with Gasteiger partial charge in [0, 0.05) is 7.05 Å². The Hall–Kier alpha value is -1.86. The van der Waals surface area contributed by atoms with E-state index in [2.05, 4.69) is 6.92 Å². The van der Waals surface area contributed by atoms with Gasteiger partial charge in [-0.25, -0.2) is 0 Å². The molecule has 2 aromatic rings. The summed E-state index contributed by atoms with van der Waals surface area (Å²) in [6.45, 7) is 4.72. The highest BCUT2D eigenvalue weighted by atomic mass is 32.1. The van der Waals surface area contributed by atoms with Crippen molar-refractivity contribution >= 4 is 12.2 Å². The van der Waals surface area contributed by atoms with E-state index in [4.69, 9.17) is 26.8 Å². The van der Waals surface area contributed by atoms with Crippen LogP contribution in [-0.2, 0) is 20.3 Å². The maximum absolute atomic E-state index is 5.87. The molecule has 0 spiro atoms. The molecule has 1 aliphatic rings. The van der Waals surface area contributed by atoms with Crippen molar-refractivity contribution < 1.29 is 14.4 Å². The first kappa shape index (κ1) is 18.9. The van der Waals surface area contributed by atoms with Crippen molar-refractivity contribution in [2.45, 2.75) is 51.9 Å². The molecule has 2 atom stereocenters. The minimum Gasteiger partial charge on any atom is -0.497 e. The second-order valence-corrected chi connectivity index (χ2v) is 7.25. The maximum atomic E-state index is 5.87. The van der Waals surface area contributed by atoms with Crippen LogP contribution in [0.3, 0.4) is 0 Å². The van der Waals surface area contributed by atoms with E-state index in [-0.39, 0.29) is 0 Å². The van der Waals surface area contributed by atoms with Gasteiger partial charge in [-0.2, -0.15) is 4.68 Å². The molecule has 1 aromatic carbocycles. The highest BCUT2D eigenvalue weighted by molar-refractivity contribution is 7.71. The van der Waals surface area contributed by atoms with Gasteiger partial charge in [0.15, 0.2) is 12.5 Å². The number of rotatable bonds is 7. The Morgan fingerprint density at radius 1 is 1.23 bits per heavy atom. The molecule has 7 heteroatoms. The van der Waals surface area contributed by atoms with Crippen LogP contribution in [0.4, 0.5) is 0 Å². The van der Waals surface area contributed by atoms with Crippen LogP contribution in [0.5, 0.6) is 11.5 Å². The Labute approximate surface area is 160 Å². The molecule has 0 bridgehead atoms. The normalized spacial score (nSPS) is 20.1. The molecule has 0 saturated carbocycles. The predicted molar refractivity (Wildman–Crippen MR) is 103 cm³/mol. The van der Waals surface area contributed by atoms with E-state index in [1.54, 1.807) is 12.0 Å². The Balaban J connectivity index is 1.67. The quantitative estimate of drug-likeness (QED) is 0.753. The number of piperidine rings is 1. The first-order chi connectivity index (χ1) is 12.6. The van der Waals surface area contributed by atoms with E-state index in [1.807, 2.05) is 40.6 Å². The fourth-order valence-electron chi connectivity index (χ4n) is 3.63. The number of methoxy groups -OCH3 is 1. The Kier molecular flexibility index (Phi) is 6.32. The van der Waals surface area contributed by atoms with Gasteiger partial charge >= 0.3 is 0 Å². The minimum absolute atomic E-state index is 0.395. The topological polar surface area (TPSA) is 45.6 Å². The van der Waals surface area contributed by atoms with Crippen LogP contribution in [-0.4, -0.2) is 34.0 Å². The number of hydrogen-bond donors (Lipinski definition) is 1. The molecule has 1 saturated heterocycles. The van der Waals surface area contributed by atoms with Gasteiger partial charge in [0.2, 0.25) is 4.77 Å². The number of likely N-dealkylation sites (tertiary alicyclic amines) is 1. The van der Waals surface area contributed by atoms with E-state index in [1.165, 1.54) is 32.2 Å². The van der Waals surface area contributed by atoms with E-state index < -0.39 is 0 Å². The summed E-state index contributed by atoms with van der Waals surface area (Å²) in [4.78, 5) is 1.59. The van der Waals surface area contributed by atoms with Crippen LogP contribution in [0.25, 0.3) is 0 Å². The second kappa shape index (κ2) is 8.68. The van der Waals surface area contributed by atoms with Gasteiger partial charge in [-0.15, -0.1) is 5.10 Å². The molecular formula is C19H29N4O2S+. The number of nitrogens with zero attached hydrogens (tertiary/aromatic N) is 3. The average molecular weight is 378 g/mol. The molecule has 0 amide bonds. The lowest BCUT2D eigenvalue weighted by Crippen LogP contribution is -3.15. The van der Waals surface area contributed by atoms with Gasteiger partial charge in [-0.05, 0) is 62.2 Å². The van der Waals surface area contributed by atoms with Gasteiger partial charge in [0.1, 0.15) is 18.1 Å². The third-order valence-electron chi connectivity index (χ3n) is 5.28. The molecule has 1 aromatic heterocycles. The van der Waals surface area contributed by atoms with Crippen molar-refractivity contribution in [3.8, 4) is 11.5 Å². The molecule has 1 aliphatic heterocycles. The molecule has 1 N–H and O–H groups in total. The molecular weight excluding hydrogens is 348 g/mol. The molecule has 0 aliphatic carbocycles. The predicted octanol–water partition coefficient (Wildman–Crippen LogP) is 2.34. The zero-order valence-corrected chi connectivity index (χ0v) is 16.7. The zero-order chi connectivity index (χ0) is 18.5. The average Bonchev–Trinajstić information content (AvgIpc) is 2.95. The maximum Gasteiger partial charge on any atom is 0.202 e. The van der Waals surface area contributed by atoms with Crippen molar-refractivity contribution in [2.75, 3.05) is 13.7 Å². The molecule has 26 heavy (non-hydrogen) atoms. The standard InChI is InChI=1S/C19H28N4O2S/c1-4-15-7-5-6-12-22(15)14-23-19(26)21(2)18(20-23)13-25-17-10-8-16(24-3)9-11-17/h8-11,15H,4-7,12-14H2,1-3H3/p+1/t15-/m0/s1. The van der Waals surface area contributed by atoms with E-state index in [0.717, 1.165) is 28.8 Å².